The normalized spacial score (nSPS) is 14.5. The van der Waals surface area contributed by atoms with Crippen molar-refractivity contribution in [2.24, 2.45) is 0 Å². The summed E-state index contributed by atoms with van der Waals surface area (Å²) in [6, 6.07) is 7.19. The van der Waals surface area contributed by atoms with Gasteiger partial charge in [-0.15, -0.1) is 0 Å². The molecule has 0 saturated carbocycles. The third kappa shape index (κ3) is 4.83. The maximum atomic E-state index is 14.2. The van der Waals surface area contributed by atoms with Gasteiger partial charge in [0.15, 0.2) is 28.4 Å². The van der Waals surface area contributed by atoms with E-state index in [1.807, 2.05) is 12.1 Å². The molecule has 0 aliphatic carbocycles. The Labute approximate surface area is 194 Å². The zero-order valence-electron chi connectivity index (χ0n) is 17.7. The van der Waals surface area contributed by atoms with Crippen LogP contribution in [0.25, 0.3) is 0 Å². The Morgan fingerprint density at radius 1 is 0.938 bits per heavy atom. The van der Waals surface area contributed by atoms with Gasteiger partial charge < -0.3 is 9.80 Å². The Morgan fingerprint density at radius 2 is 1.44 bits per heavy atom. The molecule has 0 aromatic heterocycles. The highest BCUT2D eigenvalue weighted by Crippen LogP contribution is 2.34. The third-order valence-electron chi connectivity index (χ3n) is 5.30. The van der Waals surface area contributed by atoms with E-state index in [0.29, 0.717) is 5.56 Å². The number of carbonyl (C=O) groups excluding carboxylic acids is 1. The number of hydrogen-bond donors (Lipinski definition) is 1. The molecule has 3 rings (SSSR count). The Hall–Kier alpha value is -2.39. The average molecular weight is 488 g/mol. The van der Waals surface area contributed by atoms with Gasteiger partial charge in [-0.1, -0.05) is 44.5 Å². The Morgan fingerprint density at radius 3 is 1.91 bits per heavy atom. The molecule has 0 spiro atoms. The lowest BCUT2D eigenvalue weighted by atomic mass is 9.87. The quantitative estimate of drug-likeness (QED) is 0.279. The Balaban J connectivity index is 1.63. The Bertz CT molecular complexity index is 1020. The molecule has 2 aromatic carbocycles. The number of hydrogen-bond acceptors (Lipinski definition) is 3. The lowest BCUT2D eigenvalue weighted by Gasteiger charge is -2.37. The fraction of sp³-hybridized carbons (Fsp3) is 0.364. The first-order valence-corrected chi connectivity index (χ1v) is 10.7. The summed E-state index contributed by atoms with van der Waals surface area (Å²) < 4.78 is 55.9. The van der Waals surface area contributed by atoms with Crippen LogP contribution in [0, 0.1) is 23.3 Å². The second kappa shape index (κ2) is 9.23. The molecular formula is C22H22ClF4N3OS. The largest absolute Gasteiger partial charge is 0.363 e. The SMILES string of the molecule is CC(C)(C)c1ccc(C(=O)NC(=S)N2CCN(c3c(F)c(F)c(Cl)c(F)c3F)CC2)cc1. The molecule has 2 aromatic rings. The van der Waals surface area contributed by atoms with Gasteiger partial charge in [0.25, 0.3) is 5.91 Å². The molecule has 172 valence electrons. The van der Waals surface area contributed by atoms with E-state index in [9.17, 15) is 22.4 Å². The number of rotatable bonds is 2. The molecule has 1 N–H and O–H groups in total. The van der Waals surface area contributed by atoms with E-state index in [2.05, 4.69) is 26.1 Å². The van der Waals surface area contributed by atoms with Crippen molar-refractivity contribution in [1.82, 2.24) is 10.2 Å². The zero-order valence-corrected chi connectivity index (χ0v) is 19.3. The molecule has 1 saturated heterocycles. The topological polar surface area (TPSA) is 35.6 Å². The van der Waals surface area contributed by atoms with Crippen LogP contribution < -0.4 is 10.2 Å². The lowest BCUT2D eigenvalue weighted by molar-refractivity contribution is 0.0973. The van der Waals surface area contributed by atoms with Gasteiger partial charge in [-0.2, -0.15) is 0 Å². The van der Waals surface area contributed by atoms with Crippen molar-refractivity contribution in [3.05, 3.63) is 63.7 Å². The van der Waals surface area contributed by atoms with Crippen molar-refractivity contribution in [2.45, 2.75) is 26.2 Å². The summed E-state index contributed by atoms with van der Waals surface area (Å²) in [5.74, 6) is -6.74. The summed E-state index contributed by atoms with van der Waals surface area (Å²) in [6.45, 7) is 6.65. The van der Waals surface area contributed by atoms with Gasteiger partial charge in [0, 0.05) is 31.7 Å². The van der Waals surface area contributed by atoms with Crippen LogP contribution in [0.3, 0.4) is 0 Å². The summed E-state index contributed by atoms with van der Waals surface area (Å²) in [5.41, 5.74) is 0.675. The number of thiocarbonyl (C=S) groups is 1. The zero-order chi connectivity index (χ0) is 23.8. The van der Waals surface area contributed by atoms with E-state index in [1.165, 1.54) is 4.90 Å². The molecule has 0 unspecified atom stereocenters. The van der Waals surface area contributed by atoms with Crippen LogP contribution in [0.4, 0.5) is 23.2 Å². The van der Waals surface area contributed by atoms with Crippen molar-refractivity contribution in [1.29, 1.82) is 0 Å². The van der Waals surface area contributed by atoms with Crippen molar-refractivity contribution in [3.8, 4) is 0 Å². The first-order valence-electron chi connectivity index (χ1n) is 9.89. The number of halogens is 5. The predicted octanol–water partition coefficient (Wildman–Crippen LogP) is 5.03. The van der Waals surface area contributed by atoms with Gasteiger partial charge in [-0.3, -0.25) is 10.1 Å². The van der Waals surface area contributed by atoms with Crippen LogP contribution >= 0.6 is 23.8 Å². The lowest BCUT2D eigenvalue weighted by Crippen LogP contribution is -2.53. The van der Waals surface area contributed by atoms with Crippen LogP contribution in [0.15, 0.2) is 24.3 Å². The van der Waals surface area contributed by atoms with Gasteiger partial charge in [-0.25, -0.2) is 17.6 Å². The number of piperazine rings is 1. The van der Waals surface area contributed by atoms with E-state index < -0.39 is 34.0 Å². The maximum absolute atomic E-state index is 14.2. The summed E-state index contributed by atoms with van der Waals surface area (Å²) >= 11 is 10.6. The fourth-order valence-electron chi connectivity index (χ4n) is 3.37. The number of carbonyl (C=O) groups is 1. The van der Waals surface area contributed by atoms with Gasteiger partial charge in [0.05, 0.1) is 0 Å². The van der Waals surface area contributed by atoms with Crippen LogP contribution in [0.2, 0.25) is 5.02 Å². The summed E-state index contributed by atoms with van der Waals surface area (Å²) in [4.78, 5) is 15.3. The van der Waals surface area contributed by atoms with E-state index in [4.69, 9.17) is 23.8 Å². The van der Waals surface area contributed by atoms with E-state index in [1.54, 1.807) is 17.0 Å². The van der Waals surface area contributed by atoms with Crippen LogP contribution in [-0.2, 0) is 5.41 Å². The number of benzene rings is 2. The first kappa shape index (κ1) is 24.3. The predicted molar refractivity (Wildman–Crippen MR) is 120 cm³/mol. The van der Waals surface area contributed by atoms with Gasteiger partial charge in [0.2, 0.25) is 0 Å². The summed E-state index contributed by atoms with van der Waals surface area (Å²) in [7, 11) is 0. The number of amides is 1. The molecule has 1 amide bonds. The van der Waals surface area contributed by atoms with Gasteiger partial charge in [-0.05, 0) is 35.3 Å². The van der Waals surface area contributed by atoms with E-state index in [0.717, 1.165) is 5.56 Å². The number of nitrogens with zero attached hydrogens (tertiary/aromatic N) is 2. The molecule has 10 heteroatoms. The van der Waals surface area contributed by atoms with Crippen LogP contribution in [0.5, 0.6) is 0 Å². The van der Waals surface area contributed by atoms with Crippen molar-refractivity contribution < 1.29 is 22.4 Å². The third-order valence-corrected chi connectivity index (χ3v) is 6.00. The fourth-order valence-corrected chi connectivity index (χ4v) is 3.82. The molecule has 0 radical (unpaired) electrons. The smallest absolute Gasteiger partial charge is 0.257 e. The molecule has 0 atom stereocenters. The monoisotopic (exact) mass is 487 g/mol. The van der Waals surface area contributed by atoms with E-state index >= 15 is 0 Å². The second-order valence-corrected chi connectivity index (χ2v) is 9.24. The second-order valence-electron chi connectivity index (χ2n) is 8.48. The molecule has 1 fully saturated rings. The van der Waals surface area contributed by atoms with E-state index in [-0.39, 0.29) is 42.6 Å². The molecule has 32 heavy (non-hydrogen) atoms. The molecule has 1 heterocycles. The van der Waals surface area contributed by atoms with Crippen molar-refractivity contribution in [2.75, 3.05) is 31.1 Å². The van der Waals surface area contributed by atoms with Crippen molar-refractivity contribution >= 4 is 40.5 Å². The molecular weight excluding hydrogens is 466 g/mol. The molecule has 0 bridgehead atoms. The van der Waals surface area contributed by atoms with Crippen LogP contribution in [-0.4, -0.2) is 42.1 Å². The molecule has 4 nitrogen and oxygen atoms in total. The van der Waals surface area contributed by atoms with Crippen LogP contribution in [0.1, 0.15) is 36.7 Å². The minimum Gasteiger partial charge on any atom is -0.363 e. The summed E-state index contributed by atoms with van der Waals surface area (Å²) in [6.07, 6.45) is 0. The minimum absolute atomic E-state index is 0.0324. The van der Waals surface area contributed by atoms with Gasteiger partial charge >= 0.3 is 0 Å². The van der Waals surface area contributed by atoms with Crippen molar-refractivity contribution in [3.63, 3.8) is 0 Å². The van der Waals surface area contributed by atoms with Gasteiger partial charge in [0.1, 0.15) is 10.7 Å². The standard InChI is InChI=1S/C22H22ClF4N3OS/c1-22(2,3)13-6-4-12(5-7-13)20(31)28-21(32)30-10-8-29(9-11-30)19-17(26)15(24)14(23)16(25)18(19)27/h4-7H,8-11H2,1-3H3,(H,28,31,32). The number of nitrogens with one attached hydrogen (secondary N) is 1. The summed E-state index contributed by atoms with van der Waals surface area (Å²) in [5, 5.41) is 1.58. The highest BCUT2D eigenvalue weighted by atomic mass is 35.5. The highest BCUT2D eigenvalue weighted by Gasteiger charge is 2.30. The highest BCUT2D eigenvalue weighted by molar-refractivity contribution is 7.80. The maximum Gasteiger partial charge on any atom is 0.257 e. The minimum atomic E-state index is -1.64. The molecule has 1 aliphatic heterocycles. The first-order chi connectivity index (χ1) is 14.9. The number of anilines is 1. The molecule has 1 aliphatic rings. The Kier molecular flexibility index (Phi) is 7.00. The average Bonchev–Trinajstić information content (AvgIpc) is 2.76.